The van der Waals surface area contributed by atoms with E-state index in [1.165, 1.54) is 11.8 Å². The molecular weight excluding hydrogens is 350 g/mol. The molecule has 21 heavy (non-hydrogen) atoms. The minimum Gasteiger partial charge on any atom is -0.353 e. The van der Waals surface area contributed by atoms with Gasteiger partial charge in [-0.05, 0) is 30.5 Å². The van der Waals surface area contributed by atoms with Gasteiger partial charge in [0.1, 0.15) is 0 Å². The van der Waals surface area contributed by atoms with Crippen LogP contribution in [-0.2, 0) is 11.8 Å². The number of carbonyl (C=O) groups excluding carboxylic acids is 1. The second kappa shape index (κ2) is 6.23. The summed E-state index contributed by atoms with van der Waals surface area (Å²) in [4.78, 5) is 16.1. The van der Waals surface area contributed by atoms with Crippen LogP contribution in [0.1, 0.15) is 12.8 Å². The number of nitrogens with zero attached hydrogens (tertiary/aromatic N) is 2. The fourth-order valence-corrected chi connectivity index (χ4v) is 3.07. The molecular formula is C15H16BrN3OS. The largest absolute Gasteiger partial charge is 0.353 e. The van der Waals surface area contributed by atoms with Gasteiger partial charge in [0.15, 0.2) is 5.16 Å². The van der Waals surface area contributed by atoms with Crippen LogP contribution in [0.5, 0.6) is 0 Å². The molecule has 1 saturated carbocycles. The lowest BCUT2D eigenvalue weighted by molar-refractivity contribution is -0.118. The Balaban J connectivity index is 1.67. The van der Waals surface area contributed by atoms with Crippen molar-refractivity contribution in [2.24, 2.45) is 7.05 Å². The number of aromatic nitrogens is 2. The third-order valence-corrected chi connectivity index (χ3v) is 4.93. The molecule has 2 aromatic rings. The highest BCUT2D eigenvalue weighted by molar-refractivity contribution is 9.10. The van der Waals surface area contributed by atoms with Crippen LogP contribution >= 0.6 is 27.7 Å². The van der Waals surface area contributed by atoms with Crippen molar-refractivity contribution in [1.82, 2.24) is 14.9 Å². The second-order valence-corrected chi connectivity index (χ2v) is 6.98. The molecule has 6 heteroatoms. The van der Waals surface area contributed by atoms with Gasteiger partial charge in [0.2, 0.25) is 5.91 Å². The zero-order valence-electron chi connectivity index (χ0n) is 11.7. The molecule has 1 heterocycles. The Hall–Kier alpha value is -1.27. The first kappa shape index (κ1) is 14.7. The number of hydrogen-bond acceptors (Lipinski definition) is 3. The lowest BCUT2D eigenvalue weighted by Crippen LogP contribution is -2.27. The number of hydrogen-bond donors (Lipinski definition) is 1. The molecule has 1 amide bonds. The van der Waals surface area contributed by atoms with Crippen LogP contribution in [0, 0.1) is 0 Å². The lowest BCUT2D eigenvalue weighted by atomic mass is 10.2. The van der Waals surface area contributed by atoms with Gasteiger partial charge >= 0.3 is 0 Å². The van der Waals surface area contributed by atoms with E-state index in [0.29, 0.717) is 11.8 Å². The Morgan fingerprint density at radius 1 is 1.43 bits per heavy atom. The molecule has 0 bridgehead atoms. The van der Waals surface area contributed by atoms with Crippen molar-refractivity contribution in [3.05, 3.63) is 34.9 Å². The van der Waals surface area contributed by atoms with Gasteiger partial charge in [-0.15, -0.1) is 0 Å². The van der Waals surface area contributed by atoms with Gasteiger partial charge in [0, 0.05) is 17.6 Å². The van der Waals surface area contributed by atoms with Crippen molar-refractivity contribution < 1.29 is 4.79 Å². The highest BCUT2D eigenvalue weighted by atomic mass is 79.9. The summed E-state index contributed by atoms with van der Waals surface area (Å²) in [6.45, 7) is 0. The van der Waals surface area contributed by atoms with Crippen LogP contribution in [0.3, 0.4) is 0 Å². The van der Waals surface area contributed by atoms with E-state index in [9.17, 15) is 4.79 Å². The molecule has 0 spiro atoms. The van der Waals surface area contributed by atoms with Gasteiger partial charge < -0.3 is 9.88 Å². The van der Waals surface area contributed by atoms with Crippen molar-refractivity contribution >= 4 is 33.6 Å². The Morgan fingerprint density at radius 2 is 2.14 bits per heavy atom. The molecule has 1 aliphatic carbocycles. The van der Waals surface area contributed by atoms with Crippen molar-refractivity contribution in [3.63, 3.8) is 0 Å². The first-order valence-corrected chi connectivity index (χ1v) is 8.61. The smallest absolute Gasteiger partial charge is 0.230 e. The first-order chi connectivity index (χ1) is 10.1. The maximum absolute atomic E-state index is 11.7. The van der Waals surface area contributed by atoms with E-state index in [4.69, 9.17) is 0 Å². The van der Waals surface area contributed by atoms with E-state index in [0.717, 1.165) is 33.7 Å². The Kier molecular flexibility index (Phi) is 4.35. The zero-order valence-corrected chi connectivity index (χ0v) is 14.1. The molecule has 3 rings (SSSR count). The SMILES string of the molecule is Cn1c(-c2ccc(Br)cc2)cnc1SCC(=O)NC1CC1. The van der Waals surface area contributed by atoms with Crippen LogP contribution in [-0.4, -0.2) is 27.3 Å². The van der Waals surface area contributed by atoms with Crippen molar-refractivity contribution in [2.45, 2.75) is 24.0 Å². The summed E-state index contributed by atoms with van der Waals surface area (Å²) >= 11 is 4.91. The van der Waals surface area contributed by atoms with E-state index in [1.807, 2.05) is 29.9 Å². The quantitative estimate of drug-likeness (QED) is 0.827. The minimum atomic E-state index is 0.0932. The van der Waals surface area contributed by atoms with Crippen LogP contribution in [0.25, 0.3) is 11.3 Å². The maximum Gasteiger partial charge on any atom is 0.230 e. The first-order valence-electron chi connectivity index (χ1n) is 6.83. The number of nitrogens with one attached hydrogen (secondary N) is 1. The molecule has 110 valence electrons. The monoisotopic (exact) mass is 365 g/mol. The fraction of sp³-hybridized carbons (Fsp3) is 0.333. The van der Waals surface area contributed by atoms with E-state index in [-0.39, 0.29) is 5.91 Å². The molecule has 0 unspecified atom stereocenters. The van der Waals surface area contributed by atoms with Crippen LogP contribution < -0.4 is 5.32 Å². The minimum absolute atomic E-state index is 0.0932. The van der Waals surface area contributed by atoms with E-state index >= 15 is 0 Å². The van der Waals surface area contributed by atoms with Crippen molar-refractivity contribution in [2.75, 3.05) is 5.75 Å². The van der Waals surface area contributed by atoms with Gasteiger partial charge in [-0.3, -0.25) is 4.79 Å². The third kappa shape index (κ3) is 3.68. The van der Waals surface area contributed by atoms with E-state index in [2.05, 4.69) is 38.4 Å². The van der Waals surface area contributed by atoms with Gasteiger partial charge in [0.25, 0.3) is 0 Å². The molecule has 1 N–H and O–H groups in total. The summed E-state index contributed by atoms with van der Waals surface area (Å²) in [5.41, 5.74) is 2.16. The number of carbonyl (C=O) groups is 1. The summed E-state index contributed by atoms with van der Waals surface area (Å²) in [7, 11) is 1.98. The number of imidazole rings is 1. The molecule has 1 aromatic heterocycles. The molecule has 0 aliphatic heterocycles. The third-order valence-electron chi connectivity index (χ3n) is 3.36. The Labute approximate surface area is 136 Å². The molecule has 4 nitrogen and oxygen atoms in total. The average molecular weight is 366 g/mol. The van der Waals surface area contributed by atoms with Gasteiger partial charge in [-0.1, -0.05) is 39.8 Å². The summed E-state index contributed by atoms with van der Waals surface area (Å²) in [5.74, 6) is 0.511. The summed E-state index contributed by atoms with van der Waals surface area (Å²) < 4.78 is 3.08. The van der Waals surface area contributed by atoms with Crippen molar-refractivity contribution in [3.8, 4) is 11.3 Å². The molecule has 1 aromatic carbocycles. The Bertz CT molecular complexity index is 649. The molecule has 0 radical (unpaired) electrons. The number of halogens is 1. The maximum atomic E-state index is 11.7. The van der Waals surface area contributed by atoms with E-state index < -0.39 is 0 Å². The van der Waals surface area contributed by atoms with Crippen LogP contribution in [0.4, 0.5) is 0 Å². The fourth-order valence-electron chi connectivity index (χ4n) is 2.04. The predicted octanol–water partition coefficient (Wildman–Crippen LogP) is 3.22. The molecule has 0 atom stereocenters. The Morgan fingerprint density at radius 3 is 2.81 bits per heavy atom. The van der Waals surface area contributed by atoms with Crippen molar-refractivity contribution in [1.29, 1.82) is 0 Å². The summed E-state index contributed by atoms with van der Waals surface area (Å²) in [5, 5.41) is 3.85. The standard InChI is InChI=1S/C15H16BrN3OS/c1-19-13(10-2-4-11(16)5-3-10)8-17-15(19)21-9-14(20)18-12-6-7-12/h2-5,8,12H,6-7,9H2,1H3,(H,18,20). The number of rotatable bonds is 5. The van der Waals surface area contributed by atoms with Crippen LogP contribution in [0.2, 0.25) is 0 Å². The van der Waals surface area contributed by atoms with Gasteiger partial charge in [-0.2, -0.15) is 0 Å². The topological polar surface area (TPSA) is 46.9 Å². The predicted molar refractivity (Wildman–Crippen MR) is 88.2 cm³/mol. The normalized spacial score (nSPS) is 14.2. The molecule has 1 aliphatic rings. The number of benzene rings is 1. The zero-order chi connectivity index (χ0) is 14.8. The highest BCUT2D eigenvalue weighted by Crippen LogP contribution is 2.26. The van der Waals surface area contributed by atoms with E-state index in [1.54, 1.807) is 0 Å². The lowest BCUT2D eigenvalue weighted by Gasteiger charge is -2.06. The summed E-state index contributed by atoms with van der Waals surface area (Å²) in [6.07, 6.45) is 4.09. The van der Waals surface area contributed by atoms with Crippen LogP contribution in [0.15, 0.2) is 40.1 Å². The average Bonchev–Trinajstić information content (AvgIpc) is 3.20. The summed E-state index contributed by atoms with van der Waals surface area (Å²) in [6, 6.07) is 8.54. The van der Waals surface area contributed by atoms with Gasteiger partial charge in [-0.25, -0.2) is 4.98 Å². The molecule has 1 fully saturated rings. The highest BCUT2D eigenvalue weighted by Gasteiger charge is 2.23. The second-order valence-electron chi connectivity index (χ2n) is 5.12. The van der Waals surface area contributed by atoms with Gasteiger partial charge in [0.05, 0.1) is 17.6 Å². The molecule has 0 saturated heterocycles. The number of amides is 1. The number of thioether (sulfide) groups is 1.